The van der Waals surface area contributed by atoms with Crippen LogP contribution in [0.2, 0.25) is 0 Å². The molecular formula is C17H13F5N4O. The second-order valence-electron chi connectivity index (χ2n) is 5.68. The molecule has 142 valence electrons. The lowest BCUT2D eigenvalue weighted by molar-refractivity contribution is -0.360. The van der Waals surface area contributed by atoms with E-state index in [1.807, 2.05) is 31.2 Å². The van der Waals surface area contributed by atoms with Gasteiger partial charge in [-0.05, 0) is 31.2 Å². The molecule has 3 aromatic rings. The molecule has 0 aliphatic rings. The van der Waals surface area contributed by atoms with E-state index in [1.54, 1.807) is 0 Å². The quantitative estimate of drug-likeness (QED) is 0.679. The number of aryl methyl sites for hydroxylation is 1. The minimum atomic E-state index is -5.81. The minimum absolute atomic E-state index is 0.0277. The molecule has 0 aliphatic heterocycles. The molecule has 0 saturated carbocycles. The smallest absolute Gasteiger partial charge is 0.426 e. The first-order chi connectivity index (χ1) is 12.6. The summed E-state index contributed by atoms with van der Waals surface area (Å²) in [5.74, 6) is -0.283. The summed E-state index contributed by atoms with van der Waals surface area (Å²) in [6.07, 6.45) is -11.1. The van der Waals surface area contributed by atoms with Crippen LogP contribution in [0, 0.1) is 6.92 Å². The summed E-state index contributed by atoms with van der Waals surface area (Å²) in [7, 11) is 0. The Morgan fingerprint density at radius 3 is 2.07 bits per heavy atom. The zero-order valence-corrected chi connectivity index (χ0v) is 13.8. The van der Waals surface area contributed by atoms with E-state index < -0.39 is 18.0 Å². The molecule has 10 heteroatoms. The highest BCUT2D eigenvalue weighted by atomic mass is 19.4. The van der Waals surface area contributed by atoms with Crippen LogP contribution in [-0.4, -0.2) is 27.0 Å². The van der Waals surface area contributed by atoms with E-state index in [0.29, 0.717) is 11.5 Å². The van der Waals surface area contributed by atoms with Crippen LogP contribution >= 0.6 is 0 Å². The number of hydrogen-bond acceptors (Lipinski definition) is 4. The Labute approximate surface area is 150 Å². The fourth-order valence-corrected chi connectivity index (χ4v) is 2.20. The summed E-state index contributed by atoms with van der Waals surface area (Å²) in [5, 5.41) is 4.24. The van der Waals surface area contributed by atoms with Crippen molar-refractivity contribution in [1.29, 1.82) is 0 Å². The molecule has 2 N–H and O–H groups in total. The van der Waals surface area contributed by atoms with Gasteiger partial charge in [-0.3, -0.25) is 0 Å². The zero-order chi connectivity index (χ0) is 19.8. The van der Waals surface area contributed by atoms with Crippen LogP contribution in [-0.2, 0) is 0 Å². The second kappa shape index (κ2) is 6.53. The molecule has 2 aromatic carbocycles. The monoisotopic (exact) mass is 384 g/mol. The first-order valence-corrected chi connectivity index (χ1v) is 7.60. The molecule has 3 rings (SSSR count). The van der Waals surface area contributed by atoms with Crippen molar-refractivity contribution >= 4 is 5.95 Å². The van der Waals surface area contributed by atoms with E-state index in [1.165, 1.54) is 16.8 Å². The number of rotatable bonds is 4. The lowest BCUT2D eigenvalue weighted by Crippen LogP contribution is -2.41. The van der Waals surface area contributed by atoms with Crippen molar-refractivity contribution in [1.82, 2.24) is 14.8 Å². The summed E-state index contributed by atoms with van der Waals surface area (Å²) in [6, 6.07) is 11.8. The largest absolute Gasteiger partial charge is 0.499 e. The highest BCUT2D eigenvalue weighted by Gasteiger charge is 2.61. The van der Waals surface area contributed by atoms with Gasteiger partial charge in [0, 0.05) is 5.56 Å². The van der Waals surface area contributed by atoms with Gasteiger partial charge in [-0.25, -0.2) is 0 Å². The topological polar surface area (TPSA) is 66.0 Å². The van der Waals surface area contributed by atoms with Gasteiger partial charge in [-0.1, -0.05) is 29.8 Å². The van der Waals surface area contributed by atoms with Crippen LogP contribution in [0.15, 0.2) is 48.5 Å². The van der Waals surface area contributed by atoms with Crippen molar-refractivity contribution in [3.05, 3.63) is 54.1 Å². The molecule has 5 nitrogen and oxygen atoms in total. The van der Waals surface area contributed by atoms with Crippen molar-refractivity contribution in [2.24, 2.45) is 0 Å². The highest BCUT2D eigenvalue weighted by molar-refractivity contribution is 5.57. The second-order valence-corrected chi connectivity index (χ2v) is 5.68. The van der Waals surface area contributed by atoms with Crippen molar-refractivity contribution in [3.63, 3.8) is 0 Å². The number of nitrogen functional groups attached to an aromatic ring is 1. The maximum Gasteiger partial charge on any atom is 0.499 e. The number of halogens is 5. The summed E-state index contributed by atoms with van der Waals surface area (Å²) < 4.78 is 67.4. The molecule has 1 heterocycles. The molecule has 0 aliphatic carbocycles. The van der Waals surface area contributed by atoms with Crippen LogP contribution in [0.5, 0.6) is 5.75 Å². The Morgan fingerprint density at radius 1 is 0.926 bits per heavy atom. The first kappa shape index (κ1) is 18.6. The number of anilines is 1. The Morgan fingerprint density at radius 2 is 1.52 bits per heavy atom. The maximum atomic E-state index is 12.9. The van der Waals surface area contributed by atoms with Gasteiger partial charge in [0.1, 0.15) is 5.75 Å². The van der Waals surface area contributed by atoms with Gasteiger partial charge in [0.2, 0.25) is 5.95 Å². The van der Waals surface area contributed by atoms with E-state index in [2.05, 4.69) is 14.8 Å². The Hall–Kier alpha value is -3.17. The molecule has 0 atom stereocenters. The van der Waals surface area contributed by atoms with Gasteiger partial charge in [-0.15, -0.1) is 5.10 Å². The molecule has 0 amide bonds. The summed E-state index contributed by atoms with van der Waals surface area (Å²) >= 11 is 0. The van der Waals surface area contributed by atoms with Crippen LogP contribution in [0.4, 0.5) is 27.9 Å². The van der Waals surface area contributed by atoms with E-state index in [-0.39, 0.29) is 5.95 Å². The predicted octanol–water partition coefficient (Wildman–Crippen LogP) is 4.36. The number of alkyl halides is 5. The van der Waals surface area contributed by atoms with Crippen molar-refractivity contribution in [3.8, 4) is 22.8 Å². The predicted molar refractivity (Wildman–Crippen MR) is 87.6 cm³/mol. The van der Waals surface area contributed by atoms with Gasteiger partial charge in [-0.2, -0.15) is 31.6 Å². The molecule has 0 fully saturated rings. The number of aromatic nitrogens is 3. The number of ether oxygens (including phenoxy) is 1. The Balaban J connectivity index is 1.85. The third-order valence-electron chi connectivity index (χ3n) is 3.60. The van der Waals surface area contributed by atoms with Gasteiger partial charge < -0.3 is 10.5 Å². The standard InChI is InChI=1S/C17H13F5N4O/c1-10-2-4-11(5-3-10)14-24-15(23)26(25-14)12-6-8-13(9-7-12)27-17(21,22)16(18,19)20/h2-9H,1H3,(H2,23,24,25). The minimum Gasteiger partial charge on any atom is -0.426 e. The van der Waals surface area contributed by atoms with E-state index in [9.17, 15) is 22.0 Å². The van der Waals surface area contributed by atoms with Gasteiger partial charge in [0.25, 0.3) is 0 Å². The fraction of sp³-hybridized carbons (Fsp3) is 0.176. The summed E-state index contributed by atoms with van der Waals surface area (Å²) in [4.78, 5) is 4.13. The molecular weight excluding hydrogens is 371 g/mol. The van der Waals surface area contributed by atoms with Crippen LogP contribution in [0.1, 0.15) is 5.56 Å². The summed E-state index contributed by atoms with van der Waals surface area (Å²) in [6.45, 7) is 1.93. The van der Waals surface area contributed by atoms with Gasteiger partial charge in [0.15, 0.2) is 5.82 Å². The Bertz CT molecular complexity index is 933. The Kier molecular flexibility index (Phi) is 4.50. The normalized spacial score (nSPS) is 12.2. The number of nitrogens with two attached hydrogens (primary N) is 1. The molecule has 0 saturated heterocycles. The number of benzene rings is 2. The van der Waals surface area contributed by atoms with Gasteiger partial charge >= 0.3 is 12.3 Å². The van der Waals surface area contributed by atoms with Crippen LogP contribution in [0.25, 0.3) is 17.1 Å². The zero-order valence-electron chi connectivity index (χ0n) is 13.8. The van der Waals surface area contributed by atoms with E-state index in [0.717, 1.165) is 23.3 Å². The van der Waals surface area contributed by atoms with Crippen LogP contribution < -0.4 is 10.5 Å². The molecule has 0 bridgehead atoms. The molecule has 0 unspecified atom stereocenters. The van der Waals surface area contributed by atoms with Gasteiger partial charge in [0.05, 0.1) is 5.69 Å². The third-order valence-corrected chi connectivity index (χ3v) is 3.60. The van der Waals surface area contributed by atoms with Crippen LogP contribution in [0.3, 0.4) is 0 Å². The first-order valence-electron chi connectivity index (χ1n) is 7.60. The lowest BCUT2D eigenvalue weighted by atomic mass is 10.1. The number of hydrogen-bond donors (Lipinski definition) is 1. The SMILES string of the molecule is Cc1ccc(-c2nc(N)n(-c3ccc(OC(F)(F)C(F)(F)F)cc3)n2)cc1. The summed E-state index contributed by atoms with van der Waals surface area (Å²) in [5.41, 5.74) is 7.92. The average Bonchev–Trinajstić information content (AvgIpc) is 2.97. The third kappa shape index (κ3) is 3.83. The number of nitrogens with zero attached hydrogens (tertiary/aromatic N) is 3. The highest BCUT2D eigenvalue weighted by Crippen LogP contribution is 2.37. The maximum absolute atomic E-state index is 12.9. The van der Waals surface area contributed by atoms with E-state index >= 15 is 0 Å². The van der Waals surface area contributed by atoms with Crippen molar-refractivity contribution < 1.29 is 26.7 Å². The van der Waals surface area contributed by atoms with Crippen molar-refractivity contribution in [2.45, 2.75) is 19.2 Å². The molecule has 27 heavy (non-hydrogen) atoms. The van der Waals surface area contributed by atoms with E-state index in [4.69, 9.17) is 5.73 Å². The average molecular weight is 384 g/mol. The lowest BCUT2D eigenvalue weighted by Gasteiger charge is -2.20. The fourth-order valence-electron chi connectivity index (χ4n) is 2.20. The molecule has 0 radical (unpaired) electrons. The van der Waals surface area contributed by atoms with Crippen molar-refractivity contribution in [2.75, 3.05) is 5.73 Å². The molecule has 0 spiro atoms. The molecule has 1 aromatic heterocycles.